The normalized spacial score (nSPS) is 21.5. The van der Waals surface area contributed by atoms with Crippen LogP contribution in [0.1, 0.15) is 46.2 Å². The van der Waals surface area contributed by atoms with Gasteiger partial charge in [0.2, 0.25) is 17.7 Å². The molecule has 23 heavy (non-hydrogen) atoms. The zero-order chi connectivity index (χ0) is 17.0. The monoisotopic (exact) mass is 319 g/mol. The number of hydrogen-bond acceptors (Lipinski definition) is 4. The van der Waals surface area contributed by atoms with Crippen molar-refractivity contribution in [2.45, 2.75) is 58.7 Å². The molecule has 1 aromatic heterocycles. The predicted octanol–water partition coefficient (Wildman–Crippen LogP) is 1.79. The molecular formula is C17H25N3O3. The van der Waals surface area contributed by atoms with Gasteiger partial charge in [0.05, 0.1) is 12.2 Å². The first-order valence-electron chi connectivity index (χ1n) is 7.95. The fourth-order valence-corrected chi connectivity index (χ4v) is 2.51. The summed E-state index contributed by atoms with van der Waals surface area (Å²) in [6.45, 7) is 8.15. The summed E-state index contributed by atoms with van der Waals surface area (Å²) >= 11 is 0. The van der Waals surface area contributed by atoms with Crippen LogP contribution in [0.2, 0.25) is 0 Å². The number of amides is 2. The molecule has 1 aromatic rings. The third-order valence-corrected chi connectivity index (χ3v) is 3.46. The van der Waals surface area contributed by atoms with Gasteiger partial charge < -0.3 is 15.4 Å². The molecule has 2 N–H and O–H groups in total. The Balaban J connectivity index is 1.91. The summed E-state index contributed by atoms with van der Waals surface area (Å²) in [4.78, 5) is 28.1. The number of pyridine rings is 1. The molecule has 126 valence electrons. The number of carbonyl (C=O) groups is 2. The molecule has 1 aliphatic rings. The van der Waals surface area contributed by atoms with Crippen LogP contribution in [-0.4, -0.2) is 28.4 Å². The van der Waals surface area contributed by atoms with Gasteiger partial charge in [-0.1, -0.05) is 13.0 Å². The molecule has 6 nitrogen and oxygen atoms in total. The molecule has 2 amide bonds. The maximum atomic E-state index is 12.2. The van der Waals surface area contributed by atoms with Gasteiger partial charge in [0, 0.05) is 12.5 Å². The van der Waals surface area contributed by atoms with Crippen LogP contribution in [-0.2, 0) is 16.1 Å². The standard InChI is InChI=1S/C17H25N3O3/c1-11-8-13(20-14(21)9-11)16(22)18-10-12-6-5-7-15(19-12)23-17(2,3)4/h5-7,11,13H,8-10H2,1-4H3,(H,18,22)(H,20,21)/t11-,13-/m0/s1. The van der Waals surface area contributed by atoms with Gasteiger partial charge in [0.15, 0.2) is 0 Å². The van der Waals surface area contributed by atoms with Crippen LogP contribution in [0, 0.1) is 5.92 Å². The molecule has 2 heterocycles. The van der Waals surface area contributed by atoms with Gasteiger partial charge in [-0.15, -0.1) is 0 Å². The van der Waals surface area contributed by atoms with E-state index in [4.69, 9.17) is 4.74 Å². The molecular weight excluding hydrogens is 294 g/mol. The molecule has 0 aromatic carbocycles. The van der Waals surface area contributed by atoms with Crippen molar-refractivity contribution in [3.63, 3.8) is 0 Å². The predicted molar refractivity (Wildman–Crippen MR) is 86.8 cm³/mol. The summed E-state index contributed by atoms with van der Waals surface area (Å²) in [5, 5.41) is 5.56. The number of piperidine rings is 1. The highest BCUT2D eigenvalue weighted by Gasteiger charge is 2.28. The van der Waals surface area contributed by atoms with Crippen molar-refractivity contribution in [3.8, 4) is 5.88 Å². The van der Waals surface area contributed by atoms with Crippen LogP contribution in [0.5, 0.6) is 5.88 Å². The van der Waals surface area contributed by atoms with Crippen LogP contribution in [0.4, 0.5) is 0 Å². The highest BCUT2D eigenvalue weighted by Crippen LogP contribution is 2.17. The van der Waals surface area contributed by atoms with Crippen LogP contribution in [0.3, 0.4) is 0 Å². The van der Waals surface area contributed by atoms with E-state index in [1.807, 2.05) is 39.8 Å². The second kappa shape index (κ2) is 6.98. The molecule has 2 atom stereocenters. The van der Waals surface area contributed by atoms with Gasteiger partial charge in [-0.3, -0.25) is 9.59 Å². The maximum absolute atomic E-state index is 12.2. The minimum Gasteiger partial charge on any atom is -0.472 e. The second-order valence-electron chi connectivity index (χ2n) is 7.06. The summed E-state index contributed by atoms with van der Waals surface area (Å²) in [6.07, 6.45) is 1.15. The summed E-state index contributed by atoms with van der Waals surface area (Å²) in [5.41, 5.74) is 0.396. The van der Waals surface area contributed by atoms with E-state index < -0.39 is 6.04 Å². The van der Waals surface area contributed by atoms with Crippen LogP contribution in [0.15, 0.2) is 18.2 Å². The molecule has 0 aliphatic carbocycles. The molecule has 0 spiro atoms. The minimum atomic E-state index is -0.458. The Labute approximate surface area is 137 Å². The summed E-state index contributed by atoms with van der Waals surface area (Å²) in [6, 6.07) is 5.01. The number of hydrogen-bond donors (Lipinski definition) is 2. The number of nitrogens with one attached hydrogen (secondary N) is 2. The largest absolute Gasteiger partial charge is 0.472 e. The Bertz CT molecular complexity index is 581. The molecule has 0 saturated carbocycles. The average molecular weight is 319 g/mol. The zero-order valence-corrected chi connectivity index (χ0v) is 14.2. The zero-order valence-electron chi connectivity index (χ0n) is 14.2. The van der Waals surface area contributed by atoms with Crippen molar-refractivity contribution in [3.05, 3.63) is 23.9 Å². The van der Waals surface area contributed by atoms with Gasteiger partial charge in [-0.05, 0) is 39.2 Å². The Morgan fingerprint density at radius 3 is 2.83 bits per heavy atom. The van der Waals surface area contributed by atoms with Gasteiger partial charge >= 0.3 is 0 Å². The molecule has 1 aliphatic heterocycles. The first-order chi connectivity index (χ1) is 10.7. The lowest BCUT2D eigenvalue weighted by molar-refractivity contribution is -0.132. The lowest BCUT2D eigenvalue weighted by atomic mass is 9.93. The SMILES string of the molecule is C[C@@H]1CC(=O)N[C@H](C(=O)NCc2cccc(OC(C)(C)C)n2)C1. The fourth-order valence-electron chi connectivity index (χ4n) is 2.51. The van der Waals surface area contributed by atoms with Gasteiger partial charge in [-0.25, -0.2) is 4.98 Å². The van der Waals surface area contributed by atoms with Crippen molar-refractivity contribution in [1.82, 2.24) is 15.6 Å². The van der Waals surface area contributed by atoms with Gasteiger partial charge in [0.1, 0.15) is 11.6 Å². The Morgan fingerprint density at radius 2 is 2.17 bits per heavy atom. The highest BCUT2D eigenvalue weighted by atomic mass is 16.5. The van der Waals surface area contributed by atoms with Crippen molar-refractivity contribution < 1.29 is 14.3 Å². The molecule has 0 bridgehead atoms. The van der Waals surface area contributed by atoms with Crippen molar-refractivity contribution in [2.24, 2.45) is 5.92 Å². The van der Waals surface area contributed by atoms with Gasteiger partial charge in [0.25, 0.3) is 0 Å². The van der Waals surface area contributed by atoms with E-state index >= 15 is 0 Å². The number of ether oxygens (including phenoxy) is 1. The van der Waals surface area contributed by atoms with Crippen LogP contribution < -0.4 is 15.4 Å². The topological polar surface area (TPSA) is 80.3 Å². The number of aromatic nitrogens is 1. The Morgan fingerprint density at radius 1 is 1.43 bits per heavy atom. The molecule has 0 unspecified atom stereocenters. The third-order valence-electron chi connectivity index (χ3n) is 3.46. The molecule has 2 rings (SSSR count). The van der Waals surface area contributed by atoms with Crippen molar-refractivity contribution in [1.29, 1.82) is 0 Å². The lowest BCUT2D eigenvalue weighted by Gasteiger charge is -2.26. The number of nitrogens with zero attached hydrogens (tertiary/aromatic N) is 1. The van der Waals surface area contributed by atoms with Crippen LogP contribution >= 0.6 is 0 Å². The quantitative estimate of drug-likeness (QED) is 0.886. The van der Waals surface area contributed by atoms with Crippen LogP contribution in [0.25, 0.3) is 0 Å². The number of rotatable bonds is 4. The summed E-state index contributed by atoms with van der Waals surface area (Å²) in [7, 11) is 0. The molecule has 1 fully saturated rings. The Kier molecular flexibility index (Phi) is 5.23. The van der Waals surface area contributed by atoms with Gasteiger partial charge in [-0.2, -0.15) is 0 Å². The minimum absolute atomic E-state index is 0.0670. The van der Waals surface area contributed by atoms with E-state index in [9.17, 15) is 9.59 Å². The van der Waals surface area contributed by atoms with E-state index in [0.717, 1.165) is 5.69 Å². The molecule has 0 radical (unpaired) electrons. The highest BCUT2D eigenvalue weighted by molar-refractivity contribution is 5.88. The first-order valence-corrected chi connectivity index (χ1v) is 7.95. The Hall–Kier alpha value is -2.11. The summed E-state index contributed by atoms with van der Waals surface area (Å²) < 4.78 is 5.71. The van der Waals surface area contributed by atoms with E-state index in [1.54, 1.807) is 6.07 Å². The molecule has 1 saturated heterocycles. The maximum Gasteiger partial charge on any atom is 0.242 e. The van der Waals surface area contributed by atoms with E-state index in [0.29, 0.717) is 25.3 Å². The average Bonchev–Trinajstić information content (AvgIpc) is 2.42. The lowest BCUT2D eigenvalue weighted by Crippen LogP contribution is -2.50. The number of carbonyl (C=O) groups excluding carboxylic acids is 2. The van der Waals surface area contributed by atoms with Crippen molar-refractivity contribution in [2.75, 3.05) is 0 Å². The fraction of sp³-hybridized carbons (Fsp3) is 0.588. The smallest absolute Gasteiger partial charge is 0.242 e. The summed E-state index contributed by atoms with van der Waals surface area (Å²) in [5.74, 6) is 0.515. The first kappa shape index (κ1) is 17.2. The van der Waals surface area contributed by atoms with E-state index in [2.05, 4.69) is 15.6 Å². The third kappa shape index (κ3) is 5.54. The molecule has 6 heteroatoms. The van der Waals surface area contributed by atoms with Crippen molar-refractivity contribution >= 4 is 11.8 Å². The van der Waals surface area contributed by atoms with E-state index in [1.165, 1.54) is 0 Å². The second-order valence-corrected chi connectivity index (χ2v) is 7.06. The van der Waals surface area contributed by atoms with E-state index in [-0.39, 0.29) is 23.3 Å².